The van der Waals surface area contributed by atoms with E-state index >= 15 is 0 Å². The molecule has 27 heavy (non-hydrogen) atoms. The Kier molecular flexibility index (Phi) is 4.61. The number of fused-ring (bicyclic) bond motifs is 1. The summed E-state index contributed by atoms with van der Waals surface area (Å²) < 4.78 is 0.245. The molecule has 4 rings (SSSR count). The number of hydrogen-bond donors (Lipinski definition) is 1. The van der Waals surface area contributed by atoms with Crippen LogP contribution in [0.5, 0.6) is 0 Å². The van der Waals surface area contributed by atoms with Crippen LogP contribution in [0.15, 0.2) is 60.0 Å². The summed E-state index contributed by atoms with van der Waals surface area (Å²) in [5.74, 6) is -0.861. The Morgan fingerprint density at radius 1 is 1.15 bits per heavy atom. The number of thiocarbonyl (C=S) groups is 1. The third kappa shape index (κ3) is 3.42. The first kappa shape index (κ1) is 17.3. The molecule has 0 spiro atoms. The fraction of sp³-hybridized carbons (Fsp3) is 0. The van der Waals surface area contributed by atoms with Crippen molar-refractivity contribution in [2.24, 2.45) is 0 Å². The molecule has 3 aromatic rings. The SMILES string of the molecule is O=C(NN1C(=O)/C(=C/c2cccc3nccnc23)SC1=S)c1cccnc1. The predicted octanol–water partition coefficient (Wildman–Crippen LogP) is 2.57. The number of aromatic nitrogens is 3. The smallest absolute Gasteiger partial charge is 0.267 e. The van der Waals surface area contributed by atoms with Gasteiger partial charge in [-0.15, -0.1) is 0 Å². The topological polar surface area (TPSA) is 88.1 Å². The minimum Gasteiger partial charge on any atom is -0.267 e. The van der Waals surface area contributed by atoms with E-state index < -0.39 is 11.8 Å². The average molecular weight is 393 g/mol. The minimum atomic E-state index is -0.461. The van der Waals surface area contributed by atoms with Crippen LogP contribution in [0.1, 0.15) is 15.9 Å². The Morgan fingerprint density at radius 2 is 2.00 bits per heavy atom. The van der Waals surface area contributed by atoms with Gasteiger partial charge in [-0.05, 0) is 36.5 Å². The molecule has 0 atom stereocenters. The van der Waals surface area contributed by atoms with Crippen LogP contribution in [0.2, 0.25) is 0 Å². The number of para-hydroxylation sites is 1. The molecule has 0 saturated carbocycles. The number of hydrazine groups is 1. The highest BCUT2D eigenvalue weighted by Gasteiger charge is 2.34. The second-order valence-corrected chi connectivity index (χ2v) is 7.15. The Bertz CT molecular complexity index is 1100. The van der Waals surface area contributed by atoms with Gasteiger partial charge in [-0.1, -0.05) is 23.9 Å². The van der Waals surface area contributed by atoms with Crippen LogP contribution in [-0.4, -0.2) is 36.1 Å². The van der Waals surface area contributed by atoms with E-state index in [0.717, 1.165) is 27.9 Å². The maximum absolute atomic E-state index is 12.7. The molecule has 0 radical (unpaired) electrons. The molecule has 1 aliphatic rings. The van der Waals surface area contributed by atoms with E-state index in [2.05, 4.69) is 20.4 Å². The first-order valence-corrected chi connectivity index (χ1v) is 9.04. The molecule has 0 aliphatic carbocycles. The van der Waals surface area contributed by atoms with Crippen LogP contribution in [0, 0.1) is 0 Å². The number of pyridine rings is 1. The monoisotopic (exact) mass is 393 g/mol. The van der Waals surface area contributed by atoms with Gasteiger partial charge in [0.1, 0.15) is 0 Å². The van der Waals surface area contributed by atoms with Crippen molar-refractivity contribution in [3.8, 4) is 0 Å². The maximum atomic E-state index is 12.7. The maximum Gasteiger partial charge on any atom is 0.285 e. The summed E-state index contributed by atoms with van der Waals surface area (Å²) in [6, 6.07) is 8.77. The van der Waals surface area contributed by atoms with E-state index in [-0.39, 0.29) is 4.32 Å². The first-order valence-electron chi connectivity index (χ1n) is 7.82. The molecule has 132 valence electrons. The molecule has 7 nitrogen and oxygen atoms in total. The number of carbonyl (C=O) groups excluding carboxylic acids is 2. The van der Waals surface area contributed by atoms with Crippen LogP contribution >= 0.6 is 24.0 Å². The van der Waals surface area contributed by atoms with Gasteiger partial charge in [-0.25, -0.2) is 0 Å². The molecule has 3 heterocycles. The van der Waals surface area contributed by atoms with Gasteiger partial charge in [0.15, 0.2) is 4.32 Å². The Morgan fingerprint density at radius 3 is 2.81 bits per heavy atom. The van der Waals surface area contributed by atoms with Crippen LogP contribution in [-0.2, 0) is 4.79 Å². The summed E-state index contributed by atoms with van der Waals surface area (Å²) >= 11 is 6.36. The third-order valence-electron chi connectivity index (χ3n) is 3.75. The zero-order chi connectivity index (χ0) is 18.8. The second kappa shape index (κ2) is 7.22. The van der Waals surface area contributed by atoms with Gasteiger partial charge < -0.3 is 0 Å². The van der Waals surface area contributed by atoms with Crippen molar-refractivity contribution < 1.29 is 9.59 Å². The van der Waals surface area contributed by atoms with Crippen molar-refractivity contribution in [3.63, 3.8) is 0 Å². The van der Waals surface area contributed by atoms with Crippen LogP contribution < -0.4 is 5.43 Å². The minimum absolute atomic E-state index is 0.245. The van der Waals surface area contributed by atoms with Crippen LogP contribution in [0.4, 0.5) is 0 Å². The lowest BCUT2D eigenvalue weighted by Crippen LogP contribution is -2.44. The third-order valence-corrected chi connectivity index (χ3v) is 5.05. The molecular weight excluding hydrogens is 382 g/mol. The van der Waals surface area contributed by atoms with E-state index in [1.165, 1.54) is 6.20 Å². The molecule has 0 bridgehead atoms. The zero-order valence-electron chi connectivity index (χ0n) is 13.7. The Hall–Kier alpha value is -3.17. The van der Waals surface area contributed by atoms with E-state index in [4.69, 9.17) is 12.2 Å². The van der Waals surface area contributed by atoms with Gasteiger partial charge in [0.05, 0.1) is 21.5 Å². The molecule has 9 heteroatoms. The molecular formula is C18H11N5O2S2. The summed E-state index contributed by atoms with van der Waals surface area (Å²) in [5.41, 5.74) is 5.02. The Labute approximate surface area is 163 Å². The number of rotatable bonds is 3. The fourth-order valence-electron chi connectivity index (χ4n) is 2.50. The summed E-state index contributed by atoms with van der Waals surface area (Å²) in [6.45, 7) is 0. The molecule has 1 aromatic carbocycles. The van der Waals surface area contributed by atoms with Crippen molar-refractivity contribution >= 4 is 57.2 Å². The normalized spacial score (nSPS) is 15.6. The highest BCUT2D eigenvalue weighted by Crippen LogP contribution is 2.32. The van der Waals surface area contributed by atoms with Gasteiger partial charge in [-0.2, -0.15) is 5.01 Å². The van der Waals surface area contributed by atoms with Crippen molar-refractivity contribution in [1.29, 1.82) is 0 Å². The van der Waals surface area contributed by atoms with E-state index in [9.17, 15) is 9.59 Å². The van der Waals surface area contributed by atoms with Crippen molar-refractivity contribution in [2.45, 2.75) is 0 Å². The molecule has 2 aromatic heterocycles. The molecule has 2 amide bonds. The van der Waals surface area contributed by atoms with E-state index in [0.29, 0.717) is 16.0 Å². The standard InChI is InChI=1S/C18H11N5O2S2/c24-16(12-4-2-6-19-10-12)22-23-17(25)14(27-18(23)26)9-11-3-1-5-13-15(11)21-8-7-20-13/h1-10H,(H,22,24)/b14-9-. The van der Waals surface area contributed by atoms with Gasteiger partial charge in [-0.3, -0.25) is 30.0 Å². The van der Waals surface area contributed by atoms with Gasteiger partial charge in [0.2, 0.25) is 0 Å². The molecule has 1 saturated heterocycles. The summed E-state index contributed by atoms with van der Waals surface area (Å²) in [7, 11) is 0. The van der Waals surface area contributed by atoms with Crippen LogP contribution in [0.3, 0.4) is 0 Å². The first-order chi connectivity index (χ1) is 13.1. The highest BCUT2D eigenvalue weighted by molar-refractivity contribution is 8.26. The number of carbonyl (C=O) groups is 2. The van der Waals surface area contributed by atoms with Crippen molar-refractivity contribution in [3.05, 3.63) is 71.2 Å². The van der Waals surface area contributed by atoms with Crippen LogP contribution in [0.25, 0.3) is 17.1 Å². The van der Waals surface area contributed by atoms with Gasteiger partial charge in [0.25, 0.3) is 11.8 Å². The van der Waals surface area contributed by atoms with Crippen molar-refractivity contribution in [2.75, 3.05) is 0 Å². The quantitative estimate of drug-likeness (QED) is 0.540. The van der Waals surface area contributed by atoms with Crippen molar-refractivity contribution in [1.82, 2.24) is 25.4 Å². The summed E-state index contributed by atoms with van der Waals surface area (Å²) in [5, 5.41) is 1.07. The number of amides is 2. The molecule has 1 aliphatic heterocycles. The lowest BCUT2D eigenvalue weighted by Gasteiger charge is -2.15. The molecule has 1 N–H and O–H groups in total. The average Bonchev–Trinajstić information content (AvgIpc) is 2.96. The predicted molar refractivity (Wildman–Crippen MR) is 106 cm³/mol. The fourth-order valence-corrected chi connectivity index (χ4v) is 3.67. The number of benzene rings is 1. The largest absolute Gasteiger partial charge is 0.285 e. The summed E-state index contributed by atoms with van der Waals surface area (Å²) in [4.78, 5) is 37.9. The lowest BCUT2D eigenvalue weighted by molar-refractivity contribution is -0.123. The van der Waals surface area contributed by atoms with Gasteiger partial charge >= 0.3 is 0 Å². The number of nitrogens with one attached hydrogen (secondary N) is 1. The lowest BCUT2D eigenvalue weighted by atomic mass is 10.1. The zero-order valence-corrected chi connectivity index (χ0v) is 15.3. The van der Waals surface area contributed by atoms with E-state index in [1.54, 1.807) is 36.8 Å². The number of hydrogen-bond acceptors (Lipinski definition) is 7. The second-order valence-electron chi connectivity index (χ2n) is 5.47. The van der Waals surface area contributed by atoms with Gasteiger partial charge in [0, 0.05) is 30.4 Å². The molecule has 1 fully saturated rings. The molecule has 0 unspecified atom stereocenters. The van der Waals surface area contributed by atoms with E-state index in [1.807, 2.05) is 18.2 Å². The summed E-state index contributed by atoms with van der Waals surface area (Å²) in [6.07, 6.45) is 7.88. The highest BCUT2D eigenvalue weighted by atomic mass is 32.2. The number of nitrogens with zero attached hydrogens (tertiary/aromatic N) is 4. The Balaban J connectivity index is 1.61. The number of thioether (sulfide) groups is 1.